The fraction of sp³-hybridized carbons (Fsp3) is 0.462. The van der Waals surface area contributed by atoms with E-state index in [2.05, 4.69) is 16.7 Å². The van der Waals surface area contributed by atoms with Crippen LogP contribution in [0.25, 0.3) is 0 Å². The van der Waals surface area contributed by atoms with Gasteiger partial charge in [0.25, 0.3) is 0 Å². The fourth-order valence-corrected chi connectivity index (χ4v) is 1.96. The SMILES string of the molecule is [CH2]CC(B(O)O)c1cc(C(C)C)c(F)cc1OC.[Li][Cl].[MgH2]. The first-order chi connectivity index (χ1) is 9.42. The van der Waals surface area contributed by atoms with Crippen LogP contribution in [-0.2, 0) is 0 Å². The Morgan fingerprint density at radius 3 is 2.19 bits per heavy atom. The Kier molecular flexibility index (Phi) is 13.7. The van der Waals surface area contributed by atoms with E-state index >= 15 is 0 Å². The van der Waals surface area contributed by atoms with Gasteiger partial charge in [-0.15, -0.1) is 0 Å². The van der Waals surface area contributed by atoms with E-state index in [4.69, 9.17) is 4.74 Å². The van der Waals surface area contributed by atoms with E-state index in [1.54, 1.807) is 6.07 Å². The molecule has 0 saturated carbocycles. The molecule has 0 spiro atoms. The minimum absolute atomic E-state index is 0. The molecule has 0 fully saturated rings. The van der Waals surface area contributed by atoms with Crippen LogP contribution in [0.1, 0.15) is 43.1 Å². The number of hydrogen-bond acceptors (Lipinski definition) is 3. The van der Waals surface area contributed by atoms with Crippen LogP contribution < -0.4 is 4.74 Å². The third-order valence-corrected chi connectivity index (χ3v) is 3.04. The van der Waals surface area contributed by atoms with Gasteiger partial charge in [-0.25, -0.2) is 4.39 Å². The molecule has 2 N–H and O–H groups in total. The second-order valence-corrected chi connectivity index (χ2v) is 4.58. The Morgan fingerprint density at radius 1 is 1.33 bits per heavy atom. The number of benzene rings is 1. The van der Waals surface area contributed by atoms with Crippen LogP contribution in [0, 0.1) is 12.7 Å². The molecule has 21 heavy (non-hydrogen) atoms. The van der Waals surface area contributed by atoms with Gasteiger partial charge >= 0.3 is 56.7 Å². The zero-order valence-electron chi connectivity index (χ0n) is 12.4. The Balaban J connectivity index is 0. The van der Waals surface area contributed by atoms with E-state index in [9.17, 15) is 14.4 Å². The molecule has 1 radical (unpaired) electrons. The average molecular weight is 322 g/mol. The van der Waals surface area contributed by atoms with Gasteiger partial charge in [0.1, 0.15) is 11.6 Å². The zero-order valence-corrected chi connectivity index (χ0v) is 13.1. The third-order valence-electron chi connectivity index (χ3n) is 3.04. The molecule has 0 bridgehead atoms. The molecule has 0 aliphatic heterocycles. The molecular formula is C13H21BClFLiMgO3. The van der Waals surface area contributed by atoms with Crippen LogP contribution >= 0.6 is 9.80 Å². The number of hydrogen-bond donors (Lipinski definition) is 2. The van der Waals surface area contributed by atoms with Crippen molar-refractivity contribution in [3.63, 3.8) is 0 Å². The summed E-state index contributed by atoms with van der Waals surface area (Å²) in [4.78, 5) is 0. The van der Waals surface area contributed by atoms with Gasteiger partial charge in [0.15, 0.2) is 0 Å². The summed E-state index contributed by atoms with van der Waals surface area (Å²) in [5.74, 6) is -0.603. The molecule has 0 aromatic heterocycles. The molecule has 3 nitrogen and oxygen atoms in total. The summed E-state index contributed by atoms with van der Waals surface area (Å²) < 4.78 is 18.9. The molecule has 1 atom stereocenters. The molecule has 8 heteroatoms. The van der Waals surface area contributed by atoms with E-state index < -0.39 is 12.9 Å². The molecule has 0 amide bonds. The average Bonchev–Trinajstić information content (AvgIpc) is 2.42. The molecule has 1 aromatic rings. The standard InChI is InChI=1S/C13H19BFO3.ClH.Li.Mg.2H/c1-5-11(14(16)17)10-6-9(8(2)3)12(15)7-13(10)18-4;;;;;/h6-8,11,16-17H,1,5H2,2-4H3;1H;;;;/q;;+1;;;/p-1. The number of rotatable bonds is 5. The number of ether oxygens (including phenoxy) is 1. The number of halogens is 2. The molecule has 111 valence electrons. The summed E-state index contributed by atoms with van der Waals surface area (Å²) in [5, 5.41) is 18.7. The van der Waals surface area contributed by atoms with Crippen molar-refractivity contribution in [2.24, 2.45) is 0 Å². The Labute approximate surface area is 156 Å². The van der Waals surface area contributed by atoms with Crippen LogP contribution in [-0.4, -0.2) is 64.1 Å². The van der Waals surface area contributed by atoms with Gasteiger partial charge in [0, 0.05) is 11.9 Å². The van der Waals surface area contributed by atoms with Gasteiger partial charge in [0.2, 0.25) is 0 Å². The molecule has 1 aromatic carbocycles. The first kappa shape index (κ1) is 23.8. The van der Waals surface area contributed by atoms with Crippen molar-refractivity contribution in [1.29, 1.82) is 0 Å². The van der Waals surface area contributed by atoms with E-state index in [1.165, 1.54) is 29.9 Å². The second-order valence-electron chi connectivity index (χ2n) is 4.58. The summed E-state index contributed by atoms with van der Waals surface area (Å²) in [5.41, 5.74) is 1.11. The molecule has 1 unspecified atom stereocenters. The second kappa shape index (κ2) is 12.1. The Hall–Kier alpha value is 0.589. The van der Waals surface area contributed by atoms with Gasteiger partial charge in [-0.3, -0.25) is 0 Å². The van der Waals surface area contributed by atoms with Crippen molar-refractivity contribution < 1.29 is 19.2 Å². The van der Waals surface area contributed by atoms with Crippen molar-refractivity contribution in [1.82, 2.24) is 0 Å². The first-order valence-electron chi connectivity index (χ1n) is 6.32. The van der Waals surface area contributed by atoms with Crippen molar-refractivity contribution in [2.45, 2.75) is 32.0 Å². The number of methoxy groups -OCH3 is 1. The Morgan fingerprint density at radius 2 is 1.86 bits per heavy atom. The van der Waals surface area contributed by atoms with Crippen LogP contribution in [0.2, 0.25) is 0 Å². The minimum Gasteiger partial charge on any atom is 0.316 e. The molecule has 0 aliphatic rings. The van der Waals surface area contributed by atoms with Crippen LogP contribution in [0.3, 0.4) is 0 Å². The molecule has 0 heterocycles. The smallest absolute Gasteiger partial charge is 0.316 e. The van der Waals surface area contributed by atoms with Crippen molar-refractivity contribution in [2.75, 3.05) is 7.11 Å². The van der Waals surface area contributed by atoms with Gasteiger partial charge in [-0.05, 0) is 29.5 Å². The van der Waals surface area contributed by atoms with Gasteiger partial charge in [0.05, 0.1) is 7.11 Å². The predicted molar refractivity (Wildman–Crippen MR) is 90.1 cm³/mol. The quantitative estimate of drug-likeness (QED) is 0.811. The summed E-state index contributed by atoms with van der Waals surface area (Å²) in [6.07, 6.45) is 0.289. The summed E-state index contributed by atoms with van der Waals surface area (Å²) in [6, 6.07) is 2.92. The van der Waals surface area contributed by atoms with Gasteiger partial charge in [-0.2, -0.15) is 0 Å². The van der Waals surface area contributed by atoms with Gasteiger partial charge < -0.3 is 14.8 Å². The largest absolute Gasteiger partial charge is 0.316 e. The van der Waals surface area contributed by atoms with E-state index in [0.29, 0.717) is 16.9 Å². The van der Waals surface area contributed by atoms with E-state index in [-0.39, 0.29) is 41.2 Å². The third kappa shape index (κ3) is 6.70. The van der Waals surface area contributed by atoms with Crippen LogP contribution in [0.5, 0.6) is 5.75 Å². The molecule has 1 rings (SSSR count). The zero-order chi connectivity index (χ0) is 15.9. The summed E-state index contributed by atoms with van der Waals surface area (Å²) in [6.45, 7) is 7.44. The Bertz CT molecular complexity index is 425. The minimum atomic E-state index is -1.54. The summed E-state index contributed by atoms with van der Waals surface area (Å²) >= 11 is 1.47. The molecular weight excluding hydrogens is 301 g/mol. The maximum Gasteiger partial charge on any atom is 0.316 e. The van der Waals surface area contributed by atoms with Crippen LogP contribution in [0.4, 0.5) is 4.39 Å². The monoisotopic (exact) mass is 321 g/mol. The normalized spacial score (nSPS) is 11.2. The fourth-order valence-electron chi connectivity index (χ4n) is 1.96. The van der Waals surface area contributed by atoms with Gasteiger partial charge in [-0.1, -0.05) is 20.8 Å². The van der Waals surface area contributed by atoms with Crippen LogP contribution in [0.15, 0.2) is 12.1 Å². The van der Waals surface area contributed by atoms with Crippen molar-refractivity contribution in [3.8, 4) is 5.75 Å². The molecule has 0 saturated heterocycles. The molecule has 0 aliphatic carbocycles. The maximum atomic E-state index is 13.8. The predicted octanol–water partition coefficient (Wildman–Crippen LogP) is 1.67. The van der Waals surface area contributed by atoms with E-state index in [1.807, 2.05) is 13.8 Å². The summed E-state index contributed by atoms with van der Waals surface area (Å²) in [7, 11) is 4.53. The van der Waals surface area contributed by atoms with Crippen molar-refractivity contribution >= 4 is 56.7 Å². The van der Waals surface area contributed by atoms with E-state index in [0.717, 1.165) is 0 Å². The van der Waals surface area contributed by atoms with Crippen molar-refractivity contribution in [3.05, 3.63) is 36.0 Å². The topological polar surface area (TPSA) is 49.7 Å². The first-order valence-corrected chi connectivity index (χ1v) is 7.08. The maximum absolute atomic E-state index is 13.8.